The molecule has 2 aromatic carbocycles. The predicted molar refractivity (Wildman–Crippen MR) is 129 cm³/mol. The Hall–Kier alpha value is -1.81. The van der Waals surface area contributed by atoms with Crippen molar-refractivity contribution in [1.82, 2.24) is 10.6 Å². The van der Waals surface area contributed by atoms with Crippen molar-refractivity contribution in [2.45, 2.75) is 31.7 Å². The molecule has 2 N–H and O–H groups in total. The van der Waals surface area contributed by atoms with Crippen LogP contribution in [0.4, 0.5) is 0 Å². The monoisotopic (exact) mass is 531 g/mol. The first-order valence-corrected chi connectivity index (χ1v) is 11.2. The second-order valence-corrected chi connectivity index (χ2v) is 8.62. The van der Waals surface area contributed by atoms with Gasteiger partial charge in [0.15, 0.2) is 15.8 Å². The Bertz CT molecular complexity index is 913. The lowest BCUT2D eigenvalue weighted by atomic mass is 10.1. The van der Waals surface area contributed by atoms with Crippen LogP contribution in [0.1, 0.15) is 23.6 Å². The summed E-state index contributed by atoms with van der Waals surface area (Å²) in [7, 11) is -1.49. The minimum Gasteiger partial charge on any atom is -0.496 e. The maximum Gasteiger partial charge on any atom is 0.191 e. The molecular formula is C21H30IN3O3S. The topological polar surface area (TPSA) is 79.8 Å². The van der Waals surface area contributed by atoms with Crippen LogP contribution in [0.15, 0.2) is 52.4 Å². The number of hydrogen-bond donors (Lipinski definition) is 2. The van der Waals surface area contributed by atoms with Crippen molar-refractivity contribution in [2.24, 2.45) is 4.99 Å². The second kappa shape index (κ2) is 12.0. The van der Waals surface area contributed by atoms with Gasteiger partial charge in [-0.3, -0.25) is 0 Å². The van der Waals surface area contributed by atoms with Crippen molar-refractivity contribution in [3.8, 4) is 5.75 Å². The van der Waals surface area contributed by atoms with Gasteiger partial charge >= 0.3 is 0 Å². The van der Waals surface area contributed by atoms with E-state index in [-0.39, 0.29) is 24.0 Å². The van der Waals surface area contributed by atoms with Gasteiger partial charge in [-0.25, -0.2) is 13.4 Å². The van der Waals surface area contributed by atoms with Gasteiger partial charge in [-0.05, 0) is 49.6 Å². The minimum atomic E-state index is -3.16. The van der Waals surface area contributed by atoms with Gasteiger partial charge in [0.1, 0.15) is 5.75 Å². The van der Waals surface area contributed by atoms with Gasteiger partial charge < -0.3 is 15.4 Å². The summed E-state index contributed by atoms with van der Waals surface area (Å²) in [5, 5.41) is 6.55. The van der Waals surface area contributed by atoms with Crippen LogP contribution in [0.25, 0.3) is 0 Å². The third-order valence-electron chi connectivity index (χ3n) is 4.25. The summed E-state index contributed by atoms with van der Waals surface area (Å²) in [6, 6.07) is 13.1. The van der Waals surface area contributed by atoms with E-state index < -0.39 is 9.84 Å². The smallest absolute Gasteiger partial charge is 0.191 e. The fourth-order valence-electron chi connectivity index (χ4n) is 2.72. The number of ether oxygens (including phenoxy) is 1. The lowest BCUT2D eigenvalue weighted by Crippen LogP contribution is -2.38. The Balaban J connectivity index is 0.00000420. The van der Waals surface area contributed by atoms with Crippen molar-refractivity contribution in [1.29, 1.82) is 0 Å². The Morgan fingerprint density at radius 1 is 1.10 bits per heavy atom. The molecule has 0 saturated heterocycles. The zero-order chi connectivity index (χ0) is 20.6. The molecular weight excluding hydrogens is 501 g/mol. The van der Waals surface area contributed by atoms with E-state index in [1.165, 1.54) is 6.26 Å². The molecule has 8 heteroatoms. The molecule has 0 amide bonds. The molecule has 0 saturated carbocycles. The van der Waals surface area contributed by atoms with Crippen LogP contribution in [-0.2, 0) is 22.8 Å². The van der Waals surface area contributed by atoms with Crippen molar-refractivity contribution >= 4 is 39.8 Å². The third-order valence-corrected chi connectivity index (χ3v) is 5.38. The summed E-state index contributed by atoms with van der Waals surface area (Å²) in [6.45, 7) is 6.02. The Kier molecular flexibility index (Phi) is 10.5. The first kappa shape index (κ1) is 25.2. The first-order valence-electron chi connectivity index (χ1n) is 9.28. The Morgan fingerprint density at radius 2 is 1.79 bits per heavy atom. The fraction of sp³-hybridized carbons (Fsp3) is 0.381. The number of sulfone groups is 1. The molecule has 0 aliphatic heterocycles. The SMILES string of the molecule is CCNC(=NCc1ccc(C)cc1OC)NCCc1ccc(S(C)(=O)=O)cc1.I. The summed E-state index contributed by atoms with van der Waals surface area (Å²) in [4.78, 5) is 4.97. The van der Waals surface area contributed by atoms with Gasteiger partial charge in [0.2, 0.25) is 0 Å². The first-order chi connectivity index (χ1) is 13.3. The average Bonchev–Trinajstić information content (AvgIpc) is 2.66. The number of rotatable bonds is 8. The number of halogens is 1. The van der Waals surface area contributed by atoms with Gasteiger partial charge in [0.25, 0.3) is 0 Å². The standard InChI is InChI=1S/C21H29N3O3S.HI/c1-5-22-21(24-15-18-9-6-16(2)14-20(18)27-3)23-13-12-17-7-10-19(11-8-17)28(4,25)26;/h6-11,14H,5,12-13,15H2,1-4H3,(H2,22,23,24);1H. The summed E-state index contributed by atoms with van der Waals surface area (Å²) in [5.74, 6) is 1.57. The molecule has 6 nitrogen and oxygen atoms in total. The third kappa shape index (κ3) is 8.22. The number of guanidine groups is 1. The van der Waals surface area contributed by atoms with E-state index in [9.17, 15) is 8.42 Å². The molecule has 0 aliphatic carbocycles. The molecule has 0 aromatic heterocycles. The Morgan fingerprint density at radius 3 is 2.38 bits per heavy atom. The van der Waals surface area contributed by atoms with Gasteiger partial charge in [0, 0.05) is 24.9 Å². The molecule has 0 spiro atoms. The number of aryl methyl sites for hydroxylation is 1. The highest BCUT2D eigenvalue weighted by Gasteiger charge is 2.07. The molecule has 29 heavy (non-hydrogen) atoms. The van der Waals surface area contributed by atoms with E-state index in [0.29, 0.717) is 18.0 Å². The lowest BCUT2D eigenvalue weighted by Gasteiger charge is -2.12. The maximum absolute atomic E-state index is 11.5. The highest BCUT2D eigenvalue weighted by Crippen LogP contribution is 2.20. The van der Waals surface area contributed by atoms with Crippen molar-refractivity contribution in [2.75, 3.05) is 26.5 Å². The van der Waals surface area contributed by atoms with Crippen molar-refractivity contribution in [3.63, 3.8) is 0 Å². The van der Waals surface area contributed by atoms with Crippen LogP contribution in [0.5, 0.6) is 5.75 Å². The van der Waals surface area contributed by atoms with Crippen LogP contribution >= 0.6 is 24.0 Å². The lowest BCUT2D eigenvalue weighted by molar-refractivity contribution is 0.409. The van der Waals surface area contributed by atoms with Gasteiger partial charge in [0.05, 0.1) is 18.6 Å². The van der Waals surface area contributed by atoms with Gasteiger partial charge in [-0.1, -0.05) is 24.3 Å². The summed E-state index contributed by atoms with van der Waals surface area (Å²) < 4.78 is 28.5. The highest BCUT2D eigenvalue weighted by molar-refractivity contribution is 14.0. The van der Waals surface area contributed by atoms with Crippen LogP contribution in [0.3, 0.4) is 0 Å². The fourth-order valence-corrected chi connectivity index (χ4v) is 3.35. The van der Waals surface area contributed by atoms with Crippen LogP contribution in [0, 0.1) is 6.92 Å². The number of nitrogens with one attached hydrogen (secondary N) is 2. The predicted octanol–water partition coefficient (Wildman–Crippen LogP) is 3.32. The van der Waals surface area contributed by atoms with E-state index in [2.05, 4.69) is 15.6 Å². The van der Waals surface area contributed by atoms with Gasteiger partial charge in [-0.15, -0.1) is 24.0 Å². The van der Waals surface area contributed by atoms with Crippen LogP contribution in [0.2, 0.25) is 0 Å². The van der Waals surface area contributed by atoms with E-state index in [0.717, 1.165) is 41.4 Å². The normalized spacial score (nSPS) is 11.5. The van der Waals surface area contributed by atoms with Crippen molar-refractivity contribution < 1.29 is 13.2 Å². The minimum absolute atomic E-state index is 0. The quantitative estimate of drug-likeness (QED) is 0.311. The number of hydrogen-bond acceptors (Lipinski definition) is 4. The summed E-state index contributed by atoms with van der Waals surface area (Å²) >= 11 is 0. The largest absolute Gasteiger partial charge is 0.496 e. The number of nitrogens with zero attached hydrogens (tertiary/aromatic N) is 1. The molecule has 0 bridgehead atoms. The molecule has 0 radical (unpaired) electrons. The van der Waals surface area contributed by atoms with Crippen LogP contribution in [-0.4, -0.2) is 40.8 Å². The Labute approximate surface area is 191 Å². The molecule has 160 valence electrons. The zero-order valence-corrected chi connectivity index (χ0v) is 20.5. The molecule has 0 atom stereocenters. The molecule has 0 unspecified atom stereocenters. The van der Waals surface area contributed by atoms with Crippen molar-refractivity contribution in [3.05, 3.63) is 59.2 Å². The molecule has 2 rings (SSSR count). The summed E-state index contributed by atoms with van der Waals surface area (Å²) in [6.07, 6.45) is 1.98. The maximum atomic E-state index is 11.5. The van der Waals surface area contributed by atoms with E-state index >= 15 is 0 Å². The van der Waals surface area contributed by atoms with Gasteiger partial charge in [-0.2, -0.15) is 0 Å². The summed E-state index contributed by atoms with van der Waals surface area (Å²) in [5.41, 5.74) is 3.24. The number of methoxy groups -OCH3 is 1. The number of aliphatic imine (C=N–C) groups is 1. The zero-order valence-electron chi connectivity index (χ0n) is 17.4. The molecule has 0 heterocycles. The van der Waals surface area contributed by atoms with E-state index in [1.54, 1.807) is 19.2 Å². The van der Waals surface area contributed by atoms with Crippen LogP contribution < -0.4 is 15.4 Å². The average molecular weight is 531 g/mol. The molecule has 0 aliphatic rings. The highest BCUT2D eigenvalue weighted by atomic mass is 127. The molecule has 2 aromatic rings. The number of benzene rings is 2. The molecule has 0 fully saturated rings. The second-order valence-electron chi connectivity index (χ2n) is 6.60. The van der Waals surface area contributed by atoms with E-state index in [4.69, 9.17) is 4.74 Å². The van der Waals surface area contributed by atoms with E-state index in [1.807, 2.05) is 44.2 Å².